The quantitative estimate of drug-likeness (QED) is 0.516. The number of nitro benzene ring substituents is 1. The Kier molecular flexibility index (Phi) is 3.54. The van der Waals surface area contributed by atoms with Crippen LogP contribution in [-0.2, 0) is 0 Å². The number of hydrogen-bond donors (Lipinski definition) is 1. The normalized spacial score (nSPS) is 11.2. The van der Waals surface area contributed by atoms with Gasteiger partial charge in [0.05, 0.1) is 4.92 Å². The van der Waals surface area contributed by atoms with Crippen LogP contribution in [0.5, 0.6) is 0 Å². The Morgan fingerprint density at radius 3 is 2.40 bits per heavy atom. The molecule has 0 aliphatic carbocycles. The molecule has 0 unspecified atom stereocenters. The summed E-state index contributed by atoms with van der Waals surface area (Å²) >= 11 is 2.09. The maximum absolute atomic E-state index is 10.5. The zero-order chi connectivity index (χ0) is 11.6. The van der Waals surface area contributed by atoms with Crippen molar-refractivity contribution in [1.29, 1.82) is 0 Å². The number of hydrogen-bond acceptors (Lipinski definition) is 3. The Balaban J connectivity index is 2.99. The molecule has 0 atom stereocenters. The summed E-state index contributed by atoms with van der Waals surface area (Å²) < 4.78 is 0.858. The molecule has 1 aromatic rings. The Bertz CT molecular complexity index is 385. The summed E-state index contributed by atoms with van der Waals surface area (Å²) in [6, 6.07) is 4.82. The lowest BCUT2D eigenvalue weighted by Crippen LogP contribution is -2.26. The summed E-state index contributed by atoms with van der Waals surface area (Å²) in [5.41, 5.74) is 1.00. The van der Waals surface area contributed by atoms with Gasteiger partial charge in [0.25, 0.3) is 5.69 Å². The molecule has 0 saturated heterocycles. The molecule has 5 heteroatoms. The van der Waals surface area contributed by atoms with E-state index in [4.69, 9.17) is 0 Å². The molecule has 0 saturated carbocycles. The highest BCUT2D eigenvalue weighted by Crippen LogP contribution is 2.25. The average molecular weight is 320 g/mol. The van der Waals surface area contributed by atoms with Gasteiger partial charge in [-0.1, -0.05) is 0 Å². The van der Waals surface area contributed by atoms with Crippen molar-refractivity contribution in [2.24, 2.45) is 0 Å². The van der Waals surface area contributed by atoms with Crippen LogP contribution in [0.2, 0.25) is 0 Å². The highest BCUT2D eigenvalue weighted by Gasteiger charge is 2.13. The topological polar surface area (TPSA) is 55.2 Å². The number of nitrogens with zero attached hydrogens (tertiary/aromatic N) is 1. The van der Waals surface area contributed by atoms with E-state index < -0.39 is 0 Å². The smallest absolute Gasteiger partial charge is 0.270 e. The van der Waals surface area contributed by atoms with Gasteiger partial charge in [-0.2, -0.15) is 0 Å². The number of nitrogens with one attached hydrogen (secondary N) is 1. The van der Waals surface area contributed by atoms with Crippen molar-refractivity contribution in [1.82, 2.24) is 0 Å². The lowest BCUT2D eigenvalue weighted by Gasteiger charge is -2.22. The SMILES string of the molecule is CC(C)(C)Nc1ccc([N+](=O)[O-])cc1I. The van der Waals surface area contributed by atoms with Crippen molar-refractivity contribution >= 4 is 34.0 Å². The van der Waals surface area contributed by atoms with Gasteiger partial charge in [0.2, 0.25) is 0 Å². The first-order valence-electron chi connectivity index (χ1n) is 4.52. The summed E-state index contributed by atoms with van der Waals surface area (Å²) in [7, 11) is 0. The second-order valence-corrected chi connectivity index (χ2v) is 5.46. The molecule has 0 spiro atoms. The minimum Gasteiger partial charge on any atom is -0.380 e. The largest absolute Gasteiger partial charge is 0.380 e. The minimum atomic E-state index is -0.386. The van der Waals surface area contributed by atoms with Crippen LogP contribution in [0, 0.1) is 13.7 Å². The molecule has 0 heterocycles. The summed E-state index contributed by atoms with van der Waals surface area (Å²) in [5, 5.41) is 13.8. The van der Waals surface area contributed by atoms with E-state index >= 15 is 0 Å². The van der Waals surface area contributed by atoms with Crippen LogP contribution in [0.4, 0.5) is 11.4 Å². The van der Waals surface area contributed by atoms with E-state index in [-0.39, 0.29) is 16.1 Å². The number of non-ortho nitro benzene ring substituents is 1. The lowest BCUT2D eigenvalue weighted by molar-refractivity contribution is -0.384. The molecule has 1 N–H and O–H groups in total. The van der Waals surface area contributed by atoms with Gasteiger partial charge in [-0.05, 0) is 49.4 Å². The molecule has 0 aliphatic heterocycles. The van der Waals surface area contributed by atoms with Crippen LogP contribution in [0.25, 0.3) is 0 Å². The fraction of sp³-hybridized carbons (Fsp3) is 0.400. The van der Waals surface area contributed by atoms with Gasteiger partial charge >= 0.3 is 0 Å². The van der Waals surface area contributed by atoms with E-state index in [2.05, 4.69) is 27.9 Å². The van der Waals surface area contributed by atoms with E-state index in [1.165, 1.54) is 6.07 Å². The molecular formula is C10H13IN2O2. The third-order valence-corrected chi connectivity index (χ3v) is 2.57. The highest BCUT2D eigenvalue weighted by atomic mass is 127. The number of anilines is 1. The van der Waals surface area contributed by atoms with Gasteiger partial charge in [-0.15, -0.1) is 0 Å². The van der Waals surface area contributed by atoms with Crippen molar-refractivity contribution in [3.8, 4) is 0 Å². The fourth-order valence-electron chi connectivity index (χ4n) is 1.12. The van der Waals surface area contributed by atoms with Crippen LogP contribution in [-0.4, -0.2) is 10.5 Å². The number of rotatable bonds is 2. The molecular weight excluding hydrogens is 307 g/mol. The molecule has 15 heavy (non-hydrogen) atoms. The fourth-order valence-corrected chi connectivity index (χ4v) is 1.76. The first-order chi connectivity index (χ1) is 6.79. The maximum Gasteiger partial charge on any atom is 0.270 e. The first kappa shape index (κ1) is 12.2. The molecule has 0 fully saturated rings. The van der Waals surface area contributed by atoms with E-state index in [0.717, 1.165) is 9.26 Å². The van der Waals surface area contributed by atoms with Crippen molar-refractivity contribution in [2.75, 3.05) is 5.32 Å². The van der Waals surface area contributed by atoms with Crippen LogP contribution in [0.1, 0.15) is 20.8 Å². The maximum atomic E-state index is 10.5. The van der Waals surface area contributed by atoms with E-state index in [9.17, 15) is 10.1 Å². The molecule has 1 aromatic carbocycles. The van der Waals surface area contributed by atoms with Gasteiger partial charge in [0.15, 0.2) is 0 Å². The molecule has 4 nitrogen and oxygen atoms in total. The zero-order valence-electron chi connectivity index (χ0n) is 8.87. The monoisotopic (exact) mass is 320 g/mol. The van der Waals surface area contributed by atoms with E-state index in [1.807, 2.05) is 20.8 Å². The van der Waals surface area contributed by atoms with E-state index in [0.29, 0.717) is 0 Å². The molecule has 1 rings (SSSR count). The van der Waals surface area contributed by atoms with Gasteiger partial charge < -0.3 is 5.32 Å². The van der Waals surface area contributed by atoms with Crippen molar-refractivity contribution in [3.05, 3.63) is 31.9 Å². The molecule has 82 valence electrons. The number of halogens is 1. The Morgan fingerprint density at radius 2 is 2.00 bits per heavy atom. The summed E-state index contributed by atoms with van der Waals surface area (Å²) in [4.78, 5) is 10.1. The highest BCUT2D eigenvalue weighted by molar-refractivity contribution is 14.1. The second-order valence-electron chi connectivity index (χ2n) is 4.30. The third-order valence-electron chi connectivity index (χ3n) is 1.67. The Labute approximate surface area is 102 Å². The Morgan fingerprint density at radius 1 is 1.40 bits per heavy atom. The molecule has 0 bridgehead atoms. The van der Waals surface area contributed by atoms with Crippen LogP contribution >= 0.6 is 22.6 Å². The second kappa shape index (κ2) is 4.34. The summed E-state index contributed by atoms with van der Waals surface area (Å²) in [6.07, 6.45) is 0. The molecule has 0 aromatic heterocycles. The average Bonchev–Trinajstić information content (AvgIpc) is 2.05. The summed E-state index contributed by atoms with van der Waals surface area (Å²) in [6.45, 7) is 6.14. The minimum absolute atomic E-state index is 0.0456. The standard InChI is InChI=1S/C10H13IN2O2/c1-10(2,3)12-9-5-4-7(13(14)15)6-8(9)11/h4-6,12H,1-3H3. The Hall–Kier alpha value is -0.850. The van der Waals surface area contributed by atoms with Gasteiger partial charge in [-0.25, -0.2) is 0 Å². The van der Waals surface area contributed by atoms with Crippen LogP contribution < -0.4 is 5.32 Å². The van der Waals surface area contributed by atoms with Crippen molar-refractivity contribution in [2.45, 2.75) is 26.3 Å². The number of benzene rings is 1. The van der Waals surface area contributed by atoms with Crippen molar-refractivity contribution in [3.63, 3.8) is 0 Å². The van der Waals surface area contributed by atoms with E-state index in [1.54, 1.807) is 12.1 Å². The summed E-state index contributed by atoms with van der Waals surface area (Å²) in [5.74, 6) is 0. The third kappa shape index (κ3) is 3.65. The lowest BCUT2D eigenvalue weighted by atomic mass is 10.1. The molecule has 0 aliphatic rings. The number of nitro groups is 1. The van der Waals surface area contributed by atoms with Gasteiger partial charge in [-0.3, -0.25) is 10.1 Å². The zero-order valence-corrected chi connectivity index (χ0v) is 11.0. The molecule has 0 radical (unpaired) electrons. The van der Waals surface area contributed by atoms with Crippen LogP contribution in [0.3, 0.4) is 0 Å². The molecule has 0 amide bonds. The van der Waals surface area contributed by atoms with Gasteiger partial charge in [0, 0.05) is 26.9 Å². The van der Waals surface area contributed by atoms with Gasteiger partial charge in [0.1, 0.15) is 0 Å². The predicted octanol–water partition coefficient (Wildman–Crippen LogP) is 3.41. The predicted molar refractivity (Wildman–Crippen MR) is 69.2 cm³/mol. The van der Waals surface area contributed by atoms with Crippen molar-refractivity contribution < 1.29 is 4.92 Å². The first-order valence-corrected chi connectivity index (χ1v) is 5.59. The van der Waals surface area contributed by atoms with Crippen LogP contribution in [0.15, 0.2) is 18.2 Å².